The van der Waals surface area contributed by atoms with Crippen molar-refractivity contribution in [1.82, 2.24) is 15.6 Å². The molecule has 1 aromatic heterocycles. The van der Waals surface area contributed by atoms with Crippen LogP contribution in [0.15, 0.2) is 34.6 Å². The smallest absolute Gasteiger partial charge is 0.197 e. The number of pyridine rings is 1. The van der Waals surface area contributed by atoms with Crippen molar-refractivity contribution in [3.63, 3.8) is 0 Å². The highest BCUT2D eigenvalue weighted by Crippen LogP contribution is 2.35. The Bertz CT molecular complexity index is 678. The molecule has 1 aliphatic carbocycles. The average Bonchev–Trinajstić information content (AvgIpc) is 2.65. The summed E-state index contributed by atoms with van der Waals surface area (Å²) < 4.78 is 5.24. The molecule has 2 aliphatic rings. The van der Waals surface area contributed by atoms with E-state index in [1.54, 1.807) is 13.3 Å². The van der Waals surface area contributed by atoms with Gasteiger partial charge >= 0.3 is 0 Å². The molecule has 0 spiro atoms. The van der Waals surface area contributed by atoms with Crippen LogP contribution in [0.25, 0.3) is 0 Å². The first-order valence-corrected chi connectivity index (χ1v) is 9.08. The Kier molecular flexibility index (Phi) is 5.27. The lowest BCUT2D eigenvalue weighted by Crippen LogP contribution is -2.67. The summed E-state index contributed by atoms with van der Waals surface area (Å²) in [6, 6.07) is 3.73. The number of allylic oxidation sites excluding steroid dienone is 1. The lowest BCUT2D eigenvalue weighted by molar-refractivity contribution is 0.215. The molecule has 1 fully saturated rings. The van der Waals surface area contributed by atoms with E-state index in [2.05, 4.69) is 34.5 Å². The van der Waals surface area contributed by atoms with Gasteiger partial charge in [0.25, 0.3) is 0 Å². The SMILES string of the molecule is COc1ccnc(CN=C2NC(C)=C(C)C(N)(C3CCCCC3)N2)c1. The molecule has 1 aliphatic heterocycles. The van der Waals surface area contributed by atoms with Crippen LogP contribution in [0.1, 0.15) is 51.6 Å². The molecular formula is C19H29N5O. The Hall–Kier alpha value is -2.08. The third-order valence-corrected chi connectivity index (χ3v) is 5.49. The van der Waals surface area contributed by atoms with Gasteiger partial charge in [0.15, 0.2) is 5.96 Å². The fourth-order valence-electron chi connectivity index (χ4n) is 3.78. The second kappa shape index (κ2) is 7.44. The quantitative estimate of drug-likeness (QED) is 0.783. The Balaban J connectivity index is 1.78. The number of rotatable bonds is 4. The Labute approximate surface area is 150 Å². The molecule has 3 rings (SSSR count). The number of nitrogens with one attached hydrogen (secondary N) is 2. The molecule has 25 heavy (non-hydrogen) atoms. The number of guanidine groups is 1. The van der Waals surface area contributed by atoms with Crippen LogP contribution in [0, 0.1) is 5.92 Å². The molecule has 0 amide bonds. The first-order chi connectivity index (χ1) is 12.0. The molecule has 2 heterocycles. The molecular weight excluding hydrogens is 314 g/mol. The van der Waals surface area contributed by atoms with Crippen LogP contribution < -0.4 is 21.1 Å². The molecule has 0 radical (unpaired) electrons. The lowest BCUT2D eigenvalue weighted by atomic mass is 9.76. The first-order valence-electron chi connectivity index (χ1n) is 9.08. The zero-order valence-corrected chi connectivity index (χ0v) is 15.4. The minimum atomic E-state index is -0.517. The van der Waals surface area contributed by atoms with Crippen molar-refractivity contribution < 1.29 is 4.74 Å². The number of nitrogens with two attached hydrogens (primary N) is 1. The largest absolute Gasteiger partial charge is 0.497 e. The van der Waals surface area contributed by atoms with Crippen molar-refractivity contribution in [2.45, 2.75) is 58.2 Å². The molecule has 6 heteroatoms. The van der Waals surface area contributed by atoms with Gasteiger partial charge in [-0.1, -0.05) is 19.3 Å². The van der Waals surface area contributed by atoms with E-state index in [1.807, 2.05) is 12.1 Å². The molecule has 1 aromatic rings. The normalized spacial score (nSPS) is 26.3. The summed E-state index contributed by atoms with van der Waals surface area (Å²) in [5.74, 6) is 1.95. The van der Waals surface area contributed by atoms with Crippen LogP contribution >= 0.6 is 0 Å². The number of ether oxygens (including phenoxy) is 1. The van der Waals surface area contributed by atoms with E-state index < -0.39 is 5.66 Å². The van der Waals surface area contributed by atoms with Crippen molar-refractivity contribution in [2.24, 2.45) is 16.6 Å². The maximum atomic E-state index is 6.85. The van der Waals surface area contributed by atoms with Crippen molar-refractivity contribution >= 4 is 5.96 Å². The van der Waals surface area contributed by atoms with E-state index >= 15 is 0 Å². The highest BCUT2D eigenvalue weighted by molar-refractivity contribution is 5.84. The summed E-state index contributed by atoms with van der Waals surface area (Å²) in [6.45, 7) is 4.66. The minimum Gasteiger partial charge on any atom is -0.497 e. The molecule has 0 aromatic carbocycles. The molecule has 1 unspecified atom stereocenters. The summed E-state index contributed by atoms with van der Waals surface area (Å²) >= 11 is 0. The molecule has 6 nitrogen and oxygen atoms in total. The summed E-state index contributed by atoms with van der Waals surface area (Å²) in [6.07, 6.45) is 7.89. The standard InChI is InChI=1S/C19H29N5O/c1-13-14(2)23-18(22-12-16-11-17(25-3)9-10-21-16)24-19(13,20)15-7-5-4-6-8-15/h9-11,15H,4-8,12,20H2,1-3H3,(H2,22,23,24). The van der Waals surface area contributed by atoms with Crippen molar-refractivity contribution in [1.29, 1.82) is 0 Å². The van der Waals surface area contributed by atoms with E-state index in [0.717, 1.165) is 23.1 Å². The van der Waals surface area contributed by atoms with E-state index in [1.165, 1.54) is 37.7 Å². The van der Waals surface area contributed by atoms with Gasteiger partial charge in [-0.05, 0) is 44.2 Å². The van der Waals surface area contributed by atoms with E-state index in [0.29, 0.717) is 12.5 Å². The monoisotopic (exact) mass is 343 g/mol. The predicted octanol–water partition coefficient (Wildman–Crippen LogP) is 2.67. The lowest BCUT2D eigenvalue weighted by Gasteiger charge is -2.45. The Morgan fingerprint density at radius 1 is 1.32 bits per heavy atom. The van der Waals surface area contributed by atoms with Gasteiger partial charge in [-0.3, -0.25) is 4.98 Å². The molecule has 136 valence electrons. The average molecular weight is 343 g/mol. The van der Waals surface area contributed by atoms with Crippen molar-refractivity contribution in [3.05, 3.63) is 35.3 Å². The van der Waals surface area contributed by atoms with Gasteiger partial charge in [0, 0.05) is 18.0 Å². The third kappa shape index (κ3) is 3.79. The number of aromatic nitrogens is 1. The predicted molar refractivity (Wildman–Crippen MR) is 100 cm³/mol. The van der Waals surface area contributed by atoms with E-state index in [9.17, 15) is 0 Å². The third-order valence-electron chi connectivity index (χ3n) is 5.49. The maximum absolute atomic E-state index is 6.85. The van der Waals surface area contributed by atoms with E-state index in [4.69, 9.17) is 10.5 Å². The fourth-order valence-corrected chi connectivity index (χ4v) is 3.78. The van der Waals surface area contributed by atoms with Crippen LogP contribution in [0.2, 0.25) is 0 Å². The number of hydrogen-bond acceptors (Lipinski definition) is 4. The van der Waals surface area contributed by atoms with Gasteiger partial charge in [-0.2, -0.15) is 0 Å². The van der Waals surface area contributed by atoms with Gasteiger partial charge < -0.3 is 21.1 Å². The van der Waals surface area contributed by atoms with Gasteiger partial charge in [-0.25, -0.2) is 4.99 Å². The van der Waals surface area contributed by atoms with Crippen molar-refractivity contribution in [3.8, 4) is 5.75 Å². The fraction of sp³-hybridized carbons (Fsp3) is 0.579. The van der Waals surface area contributed by atoms with Gasteiger partial charge in [0.05, 0.1) is 19.3 Å². The van der Waals surface area contributed by atoms with E-state index in [-0.39, 0.29) is 0 Å². The Morgan fingerprint density at radius 3 is 2.80 bits per heavy atom. The van der Waals surface area contributed by atoms with Crippen molar-refractivity contribution in [2.75, 3.05) is 7.11 Å². The summed E-state index contributed by atoms with van der Waals surface area (Å²) in [7, 11) is 1.65. The van der Waals surface area contributed by atoms with Crippen LogP contribution in [0.4, 0.5) is 0 Å². The van der Waals surface area contributed by atoms with Crippen LogP contribution in [-0.4, -0.2) is 23.7 Å². The van der Waals surface area contributed by atoms with Crippen LogP contribution in [-0.2, 0) is 6.54 Å². The van der Waals surface area contributed by atoms with Crippen LogP contribution in [0.5, 0.6) is 5.75 Å². The van der Waals surface area contributed by atoms with Gasteiger partial charge in [0.1, 0.15) is 11.4 Å². The zero-order valence-electron chi connectivity index (χ0n) is 15.4. The summed E-state index contributed by atoms with van der Waals surface area (Å²) in [5, 5.41) is 6.82. The van der Waals surface area contributed by atoms with Gasteiger partial charge in [-0.15, -0.1) is 0 Å². The van der Waals surface area contributed by atoms with Crippen LogP contribution in [0.3, 0.4) is 0 Å². The number of nitrogens with zero attached hydrogens (tertiary/aromatic N) is 2. The van der Waals surface area contributed by atoms with Gasteiger partial charge in [0.2, 0.25) is 0 Å². The molecule has 1 atom stereocenters. The molecule has 0 saturated heterocycles. The zero-order chi connectivity index (χ0) is 17.9. The highest BCUT2D eigenvalue weighted by atomic mass is 16.5. The summed E-state index contributed by atoms with van der Waals surface area (Å²) in [5.41, 5.74) is 9.46. The maximum Gasteiger partial charge on any atom is 0.197 e. The molecule has 1 saturated carbocycles. The Morgan fingerprint density at radius 2 is 2.08 bits per heavy atom. The summed E-state index contributed by atoms with van der Waals surface area (Å²) in [4.78, 5) is 9.01. The number of aliphatic imine (C=N–C) groups is 1. The first kappa shape index (κ1) is 17.7. The second-order valence-electron chi connectivity index (χ2n) is 7.06. The number of methoxy groups -OCH3 is 1. The topological polar surface area (TPSA) is 84.6 Å². The minimum absolute atomic E-state index is 0.443. The molecule has 4 N–H and O–H groups in total. The highest BCUT2D eigenvalue weighted by Gasteiger charge is 2.41. The second-order valence-corrected chi connectivity index (χ2v) is 7.06. The molecule has 0 bridgehead atoms. The number of hydrogen-bond donors (Lipinski definition) is 3.